The number of likely N-dealkylation sites (tertiary alicyclic amines) is 1. The molecule has 0 aliphatic carbocycles. The molecule has 0 saturated carbocycles. The molecule has 1 heterocycles. The molecule has 102 valence electrons. The van der Waals surface area contributed by atoms with Crippen LogP contribution in [0, 0.1) is 5.92 Å². The lowest BCUT2D eigenvalue weighted by Gasteiger charge is -2.25. The van der Waals surface area contributed by atoms with E-state index in [1.165, 1.54) is 11.9 Å². The van der Waals surface area contributed by atoms with E-state index in [1.807, 2.05) is 0 Å². The second kappa shape index (κ2) is 5.70. The summed E-state index contributed by atoms with van der Waals surface area (Å²) in [4.78, 5) is 35.6. The first-order valence-electron chi connectivity index (χ1n) is 5.90. The molecule has 1 aliphatic rings. The molecule has 0 spiro atoms. The van der Waals surface area contributed by atoms with E-state index >= 15 is 0 Å². The first-order valence-corrected chi connectivity index (χ1v) is 5.90. The molecule has 0 bridgehead atoms. The normalized spacial score (nSPS) is 24.5. The third kappa shape index (κ3) is 2.91. The number of hydrogen-bond donors (Lipinski definition) is 3. The number of nitrogens with one attached hydrogen (secondary N) is 2. The van der Waals surface area contributed by atoms with E-state index in [1.54, 1.807) is 13.8 Å². The Morgan fingerprint density at radius 1 is 1.39 bits per heavy atom. The van der Waals surface area contributed by atoms with Gasteiger partial charge in [-0.25, -0.2) is 9.59 Å². The lowest BCUT2D eigenvalue weighted by atomic mass is 10.0. The molecule has 1 aliphatic heterocycles. The SMILES string of the molecule is CNC(=O)C(C)NC(=O)N1CCC(C)C1C(=O)O. The molecular formula is C11H19N3O4. The van der Waals surface area contributed by atoms with Crippen LogP contribution < -0.4 is 10.6 Å². The Morgan fingerprint density at radius 2 is 2.00 bits per heavy atom. The standard InChI is InChI=1S/C11H19N3O4/c1-6-4-5-14(8(6)10(16)17)11(18)13-7(2)9(15)12-3/h6-8H,4-5H2,1-3H3,(H,12,15)(H,13,18)(H,16,17). The molecular weight excluding hydrogens is 238 g/mol. The van der Waals surface area contributed by atoms with Gasteiger partial charge in [0, 0.05) is 13.6 Å². The highest BCUT2D eigenvalue weighted by atomic mass is 16.4. The largest absolute Gasteiger partial charge is 0.480 e. The highest BCUT2D eigenvalue weighted by Gasteiger charge is 2.39. The van der Waals surface area contributed by atoms with Gasteiger partial charge < -0.3 is 20.6 Å². The lowest BCUT2D eigenvalue weighted by Crippen LogP contribution is -2.52. The molecule has 3 N–H and O–H groups in total. The predicted molar refractivity (Wildman–Crippen MR) is 64.0 cm³/mol. The molecule has 0 aromatic rings. The van der Waals surface area contributed by atoms with Gasteiger partial charge in [0.05, 0.1) is 0 Å². The number of carboxylic acid groups (broad SMARTS) is 1. The monoisotopic (exact) mass is 257 g/mol. The molecule has 3 atom stereocenters. The number of aliphatic carboxylic acids is 1. The quantitative estimate of drug-likeness (QED) is 0.642. The topological polar surface area (TPSA) is 98.7 Å². The smallest absolute Gasteiger partial charge is 0.326 e. The fourth-order valence-electron chi connectivity index (χ4n) is 2.10. The van der Waals surface area contributed by atoms with Gasteiger partial charge >= 0.3 is 12.0 Å². The maximum atomic E-state index is 11.9. The van der Waals surface area contributed by atoms with E-state index in [0.717, 1.165) is 0 Å². The van der Waals surface area contributed by atoms with Gasteiger partial charge in [-0.2, -0.15) is 0 Å². The van der Waals surface area contributed by atoms with Crippen LogP contribution in [-0.2, 0) is 9.59 Å². The summed E-state index contributed by atoms with van der Waals surface area (Å²) in [6, 6.07) is -2.02. The highest BCUT2D eigenvalue weighted by molar-refractivity contribution is 5.88. The van der Waals surface area contributed by atoms with Crippen molar-refractivity contribution in [2.75, 3.05) is 13.6 Å². The number of likely N-dealkylation sites (N-methyl/N-ethyl adjacent to an activating group) is 1. The fourth-order valence-corrected chi connectivity index (χ4v) is 2.10. The average Bonchev–Trinajstić information content (AvgIpc) is 2.69. The van der Waals surface area contributed by atoms with Crippen LogP contribution in [0.25, 0.3) is 0 Å². The average molecular weight is 257 g/mol. The Kier molecular flexibility index (Phi) is 4.52. The zero-order valence-corrected chi connectivity index (χ0v) is 10.8. The highest BCUT2D eigenvalue weighted by Crippen LogP contribution is 2.24. The van der Waals surface area contributed by atoms with Gasteiger partial charge in [0.25, 0.3) is 0 Å². The van der Waals surface area contributed by atoms with Crippen LogP contribution in [-0.4, -0.2) is 53.6 Å². The number of nitrogens with zero attached hydrogens (tertiary/aromatic N) is 1. The minimum absolute atomic E-state index is 0.0800. The fraction of sp³-hybridized carbons (Fsp3) is 0.727. The van der Waals surface area contributed by atoms with Crippen molar-refractivity contribution in [3.8, 4) is 0 Å². The summed E-state index contributed by atoms with van der Waals surface area (Å²) in [5.74, 6) is -1.41. The van der Waals surface area contributed by atoms with E-state index in [9.17, 15) is 14.4 Å². The molecule has 1 fully saturated rings. The number of carboxylic acids is 1. The Bertz CT molecular complexity index is 358. The van der Waals surface area contributed by atoms with Crippen molar-refractivity contribution in [2.45, 2.75) is 32.4 Å². The number of carbonyl (C=O) groups excluding carboxylic acids is 2. The van der Waals surface area contributed by atoms with Crippen LogP contribution in [0.2, 0.25) is 0 Å². The Hall–Kier alpha value is -1.79. The molecule has 1 saturated heterocycles. The second-order valence-electron chi connectivity index (χ2n) is 4.53. The minimum Gasteiger partial charge on any atom is -0.480 e. The molecule has 1 rings (SSSR count). The summed E-state index contributed by atoms with van der Waals surface area (Å²) in [6.07, 6.45) is 0.652. The molecule has 7 heteroatoms. The number of amides is 3. The summed E-state index contributed by atoms with van der Waals surface area (Å²) in [5, 5.41) is 14.0. The van der Waals surface area contributed by atoms with Gasteiger partial charge in [0.2, 0.25) is 5.91 Å². The number of carbonyl (C=O) groups is 3. The van der Waals surface area contributed by atoms with Crippen LogP contribution in [0.5, 0.6) is 0 Å². The first-order chi connectivity index (χ1) is 8.38. The van der Waals surface area contributed by atoms with E-state index < -0.39 is 24.1 Å². The van der Waals surface area contributed by atoms with Crippen molar-refractivity contribution in [3.63, 3.8) is 0 Å². The van der Waals surface area contributed by atoms with Crippen molar-refractivity contribution in [1.82, 2.24) is 15.5 Å². The van der Waals surface area contributed by atoms with Crippen LogP contribution in [0.15, 0.2) is 0 Å². The van der Waals surface area contributed by atoms with Gasteiger partial charge in [0.1, 0.15) is 12.1 Å². The van der Waals surface area contributed by atoms with Gasteiger partial charge in [-0.15, -0.1) is 0 Å². The molecule has 0 aromatic carbocycles. The molecule has 3 amide bonds. The van der Waals surface area contributed by atoms with Crippen molar-refractivity contribution < 1.29 is 19.5 Å². The van der Waals surface area contributed by atoms with Gasteiger partial charge in [-0.05, 0) is 19.3 Å². The van der Waals surface area contributed by atoms with Gasteiger partial charge in [0.15, 0.2) is 0 Å². The van der Waals surface area contributed by atoms with Crippen LogP contribution in [0.4, 0.5) is 4.79 Å². The Balaban J connectivity index is 2.67. The number of urea groups is 1. The van der Waals surface area contributed by atoms with E-state index in [0.29, 0.717) is 13.0 Å². The van der Waals surface area contributed by atoms with Gasteiger partial charge in [-0.1, -0.05) is 6.92 Å². The molecule has 18 heavy (non-hydrogen) atoms. The molecule has 0 radical (unpaired) electrons. The van der Waals surface area contributed by atoms with Crippen molar-refractivity contribution in [3.05, 3.63) is 0 Å². The minimum atomic E-state index is -1.01. The van der Waals surface area contributed by atoms with Gasteiger partial charge in [-0.3, -0.25) is 4.79 Å². The van der Waals surface area contributed by atoms with E-state index in [4.69, 9.17) is 5.11 Å². The Morgan fingerprint density at radius 3 is 2.50 bits per heavy atom. The van der Waals surface area contributed by atoms with E-state index in [-0.39, 0.29) is 11.8 Å². The summed E-state index contributed by atoms with van der Waals surface area (Å²) in [5.41, 5.74) is 0. The third-order valence-electron chi connectivity index (χ3n) is 3.19. The summed E-state index contributed by atoms with van der Waals surface area (Å²) in [7, 11) is 1.48. The summed E-state index contributed by atoms with van der Waals surface area (Å²) in [6.45, 7) is 3.74. The zero-order valence-electron chi connectivity index (χ0n) is 10.8. The van der Waals surface area contributed by atoms with Crippen LogP contribution >= 0.6 is 0 Å². The number of hydrogen-bond acceptors (Lipinski definition) is 3. The van der Waals surface area contributed by atoms with Crippen molar-refractivity contribution >= 4 is 17.9 Å². The maximum absolute atomic E-state index is 11.9. The second-order valence-corrected chi connectivity index (χ2v) is 4.53. The maximum Gasteiger partial charge on any atom is 0.326 e. The van der Waals surface area contributed by atoms with Crippen molar-refractivity contribution in [1.29, 1.82) is 0 Å². The van der Waals surface area contributed by atoms with Crippen molar-refractivity contribution in [2.24, 2.45) is 5.92 Å². The van der Waals surface area contributed by atoms with E-state index in [2.05, 4.69) is 10.6 Å². The molecule has 0 aromatic heterocycles. The molecule has 7 nitrogen and oxygen atoms in total. The first kappa shape index (κ1) is 14.3. The number of rotatable bonds is 3. The summed E-state index contributed by atoms with van der Waals surface area (Å²) < 4.78 is 0. The lowest BCUT2D eigenvalue weighted by molar-refractivity contribution is -0.142. The van der Waals surface area contributed by atoms with Crippen LogP contribution in [0.3, 0.4) is 0 Å². The summed E-state index contributed by atoms with van der Waals surface area (Å²) >= 11 is 0. The van der Waals surface area contributed by atoms with Crippen LogP contribution in [0.1, 0.15) is 20.3 Å². The third-order valence-corrected chi connectivity index (χ3v) is 3.19. The predicted octanol–water partition coefficient (Wildman–Crippen LogP) is -0.374. The zero-order chi connectivity index (χ0) is 13.9. The molecule has 3 unspecified atom stereocenters. The Labute approximate surface area is 106 Å².